The van der Waals surface area contributed by atoms with E-state index in [1.165, 1.54) is 12.1 Å². The van der Waals surface area contributed by atoms with Gasteiger partial charge in [0.05, 0.1) is 4.92 Å². The maximum absolute atomic E-state index is 12.4. The van der Waals surface area contributed by atoms with E-state index in [0.29, 0.717) is 18.7 Å². The fraction of sp³-hybridized carbons (Fsp3) is 0.160. The third kappa shape index (κ3) is 5.00. The fourth-order valence-corrected chi connectivity index (χ4v) is 4.53. The number of hydrogen-bond donors (Lipinski definition) is 1. The molecule has 1 amide bonds. The van der Waals surface area contributed by atoms with Gasteiger partial charge in [0.25, 0.3) is 11.6 Å². The van der Waals surface area contributed by atoms with E-state index in [0.717, 1.165) is 32.7 Å². The van der Waals surface area contributed by atoms with Crippen molar-refractivity contribution in [1.29, 1.82) is 0 Å². The van der Waals surface area contributed by atoms with Gasteiger partial charge in [-0.05, 0) is 30.7 Å². The second-order valence-electron chi connectivity index (χ2n) is 7.54. The number of thioether (sulfide) groups is 1. The number of amides is 1. The maximum Gasteiger partial charge on any atom is 0.269 e. The Morgan fingerprint density at radius 1 is 1.03 bits per heavy atom. The van der Waals surface area contributed by atoms with Gasteiger partial charge in [0.1, 0.15) is 0 Å². The van der Waals surface area contributed by atoms with Gasteiger partial charge in [0.15, 0.2) is 0 Å². The number of rotatable bonds is 8. The molecule has 1 aromatic heterocycles. The molecule has 4 aromatic rings. The van der Waals surface area contributed by atoms with E-state index in [-0.39, 0.29) is 16.5 Å². The molecule has 0 spiro atoms. The lowest BCUT2D eigenvalue weighted by Gasteiger charge is -2.08. The summed E-state index contributed by atoms with van der Waals surface area (Å²) in [4.78, 5) is 24.0. The molecule has 3 aromatic carbocycles. The molecule has 0 aliphatic carbocycles. The Kier molecular flexibility index (Phi) is 6.56. The fourth-order valence-electron chi connectivity index (χ4n) is 3.48. The summed E-state index contributed by atoms with van der Waals surface area (Å²) in [6.07, 6.45) is 2.11. The second-order valence-corrected chi connectivity index (χ2v) is 8.56. The Hall–Kier alpha value is -3.58. The van der Waals surface area contributed by atoms with Crippen LogP contribution in [0.1, 0.15) is 21.5 Å². The van der Waals surface area contributed by atoms with Crippen LogP contribution in [0.2, 0.25) is 0 Å². The molecule has 162 valence electrons. The minimum atomic E-state index is -0.387. The Balaban J connectivity index is 1.42. The van der Waals surface area contributed by atoms with E-state index in [9.17, 15) is 14.9 Å². The number of fused-ring (bicyclic) bond motifs is 1. The zero-order valence-electron chi connectivity index (χ0n) is 17.7. The van der Waals surface area contributed by atoms with E-state index in [1.54, 1.807) is 23.9 Å². The van der Waals surface area contributed by atoms with Crippen molar-refractivity contribution >= 4 is 34.3 Å². The molecule has 0 aliphatic rings. The van der Waals surface area contributed by atoms with Gasteiger partial charge in [0.2, 0.25) is 0 Å². The van der Waals surface area contributed by atoms with E-state index >= 15 is 0 Å². The molecule has 0 atom stereocenters. The lowest BCUT2D eigenvalue weighted by molar-refractivity contribution is -0.384. The molecule has 32 heavy (non-hydrogen) atoms. The summed E-state index contributed by atoms with van der Waals surface area (Å²) >= 11 is 1.70. The molecule has 0 fully saturated rings. The minimum Gasteiger partial charge on any atom is -0.350 e. The van der Waals surface area contributed by atoms with Crippen molar-refractivity contribution in [2.75, 3.05) is 6.54 Å². The molecular weight excluding hydrogens is 422 g/mol. The van der Waals surface area contributed by atoms with Crippen LogP contribution in [0.25, 0.3) is 10.9 Å². The van der Waals surface area contributed by atoms with Crippen LogP contribution < -0.4 is 5.32 Å². The number of non-ortho nitro benzene ring substituents is 1. The molecule has 7 heteroatoms. The highest BCUT2D eigenvalue weighted by molar-refractivity contribution is 7.98. The van der Waals surface area contributed by atoms with E-state index in [2.05, 4.69) is 28.2 Å². The predicted octanol–water partition coefficient (Wildman–Crippen LogP) is 5.58. The number of aromatic nitrogens is 1. The number of aryl methyl sites for hydroxylation is 1. The molecule has 0 saturated carbocycles. The summed E-state index contributed by atoms with van der Waals surface area (Å²) in [6.45, 7) is 3.18. The normalized spacial score (nSPS) is 10.9. The van der Waals surface area contributed by atoms with Gasteiger partial charge in [0, 0.05) is 58.5 Å². The predicted molar refractivity (Wildman–Crippen MR) is 128 cm³/mol. The molecule has 4 rings (SSSR count). The Labute approximate surface area is 190 Å². The number of para-hydroxylation sites is 1. The van der Waals surface area contributed by atoms with Crippen LogP contribution in [0, 0.1) is 17.0 Å². The van der Waals surface area contributed by atoms with Crippen molar-refractivity contribution in [3.63, 3.8) is 0 Å². The summed E-state index contributed by atoms with van der Waals surface area (Å²) < 4.78 is 2.16. The molecule has 0 bridgehead atoms. The number of nitrogens with one attached hydrogen (secondary N) is 1. The topological polar surface area (TPSA) is 77.2 Å². The van der Waals surface area contributed by atoms with Gasteiger partial charge < -0.3 is 9.88 Å². The lowest BCUT2D eigenvalue weighted by atomic mass is 10.1. The van der Waals surface area contributed by atoms with Crippen molar-refractivity contribution in [3.05, 3.63) is 106 Å². The Morgan fingerprint density at radius 2 is 1.75 bits per heavy atom. The van der Waals surface area contributed by atoms with E-state index in [4.69, 9.17) is 0 Å². The van der Waals surface area contributed by atoms with Crippen molar-refractivity contribution in [2.24, 2.45) is 0 Å². The van der Waals surface area contributed by atoms with E-state index < -0.39 is 0 Å². The molecule has 1 N–H and O–H groups in total. The highest BCUT2D eigenvalue weighted by atomic mass is 32.2. The first-order valence-corrected chi connectivity index (χ1v) is 11.3. The van der Waals surface area contributed by atoms with Crippen LogP contribution in [-0.2, 0) is 12.3 Å². The van der Waals surface area contributed by atoms with Crippen LogP contribution >= 0.6 is 11.8 Å². The van der Waals surface area contributed by atoms with Crippen molar-refractivity contribution in [3.8, 4) is 0 Å². The van der Waals surface area contributed by atoms with Gasteiger partial charge in [-0.15, -0.1) is 11.8 Å². The largest absolute Gasteiger partial charge is 0.350 e. The molecule has 0 aliphatic heterocycles. The monoisotopic (exact) mass is 445 g/mol. The molecule has 0 radical (unpaired) electrons. The van der Waals surface area contributed by atoms with Crippen LogP contribution in [0.15, 0.2) is 83.9 Å². The number of nitro groups is 1. The molecular formula is C25H23N3O3S. The van der Waals surface area contributed by atoms with Gasteiger partial charge in [-0.1, -0.05) is 48.0 Å². The van der Waals surface area contributed by atoms with Gasteiger partial charge in [-0.25, -0.2) is 0 Å². The average molecular weight is 446 g/mol. The summed E-state index contributed by atoms with van der Waals surface area (Å²) in [5, 5.41) is 15.0. The molecule has 0 saturated heterocycles. The smallest absolute Gasteiger partial charge is 0.269 e. The number of carbonyl (C=O) groups is 1. The lowest BCUT2D eigenvalue weighted by Crippen LogP contribution is -2.27. The van der Waals surface area contributed by atoms with Crippen molar-refractivity contribution < 1.29 is 9.72 Å². The summed E-state index contributed by atoms with van der Waals surface area (Å²) in [7, 11) is 0. The SMILES string of the molecule is Cc1ccc(C(=O)NCCn2cc(SCc3ccc([N+](=O)[O-])cc3)c3ccccc32)cc1. The van der Waals surface area contributed by atoms with Crippen molar-refractivity contribution in [1.82, 2.24) is 9.88 Å². The highest BCUT2D eigenvalue weighted by Gasteiger charge is 2.11. The van der Waals surface area contributed by atoms with E-state index in [1.807, 2.05) is 43.3 Å². The average Bonchev–Trinajstić information content (AvgIpc) is 3.16. The number of carbonyl (C=O) groups excluding carboxylic acids is 1. The standard InChI is InChI=1S/C25H23N3O3S/c1-18-6-10-20(11-7-18)25(29)26-14-15-27-16-24(22-4-2-3-5-23(22)27)32-17-19-8-12-21(13-9-19)28(30)31/h2-13,16H,14-15,17H2,1H3,(H,26,29). The Bertz CT molecular complexity index is 1250. The number of hydrogen-bond acceptors (Lipinski definition) is 4. The van der Waals surface area contributed by atoms with Gasteiger partial charge >= 0.3 is 0 Å². The number of nitrogens with zero attached hydrogens (tertiary/aromatic N) is 2. The van der Waals surface area contributed by atoms with Crippen molar-refractivity contribution in [2.45, 2.75) is 24.1 Å². The summed E-state index contributed by atoms with van der Waals surface area (Å²) in [5.41, 5.74) is 4.03. The molecule has 0 unspecified atom stereocenters. The Morgan fingerprint density at radius 3 is 2.47 bits per heavy atom. The maximum atomic E-state index is 12.4. The summed E-state index contributed by atoms with van der Waals surface area (Å²) in [5.74, 6) is 0.644. The van der Waals surface area contributed by atoms with Crippen LogP contribution in [0.4, 0.5) is 5.69 Å². The first kappa shape index (κ1) is 21.6. The van der Waals surface area contributed by atoms with Crippen LogP contribution in [0.5, 0.6) is 0 Å². The van der Waals surface area contributed by atoms with Crippen LogP contribution in [-0.4, -0.2) is 21.9 Å². The molecule has 1 heterocycles. The second kappa shape index (κ2) is 9.70. The zero-order valence-corrected chi connectivity index (χ0v) is 18.5. The van der Waals surface area contributed by atoms with Crippen LogP contribution in [0.3, 0.4) is 0 Å². The first-order chi connectivity index (χ1) is 15.5. The third-order valence-corrected chi connectivity index (χ3v) is 6.36. The third-order valence-electron chi connectivity index (χ3n) is 5.25. The number of nitro benzene ring substituents is 1. The number of benzene rings is 3. The zero-order chi connectivity index (χ0) is 22.5. The summed E-state index contributed by atoms with van der Waals surface area (Å²) in [6, 6.07) is 22.4. The van der Waals surface area contributed by atoms with Gasteiger partial charge in [-0.3, -0.25) is 14.9 Å². The van der Waals surface area contributed by atoms with Gasteiger partial charge in [-0.2, -0.15) is 0 Å². The highest BCUT2D eigenvalue weighted by Crippen LogP contribution is 2.32. The minimum absolute atomic E-state index is 0.0748. The molecule has 6 nitrogen and oxygen atoms in total. The quantitative estimate of drug-likeness (QED) is 0.218. The first-order valence-electron chi connectivity index (χ1n) is 10.3.